The van der Waals surface area contributed by atoms with Crippen LogP contribution in [0.15, 0.2) is 16.9 Å². The minimum atomic E-state index is 0.988. The van der Waals surface area contributed by atoms with Crippen molar-refractivity contribution in [2.24, 2.45) is 17.2 Å². The van der Waals surface area contributed by atoms with E-state index < -0.39 is 0 Å². The van der Waals surface area contributed by atoms with E-state index in [9.17, 15) is 0 Å². The van der Waals surface area contributed by atoms with Gasteiger partial charge in [0.25, 0.3) is 0 Å². The number of nitrogens with zero attached hydrogens (tertiary/aromatic N) is 1. The van der Waals surface area contributed by atoms with Gasteiger partial charge < -0.3 is 17.2 Å². The molecular weight excluding hydrogens is 222 g/mol. The highest BCUT2D eigenvalue weighted by atomic mass is 79.9. The van der Waals surface area contributed by atoms with Crippen LogP contribution in [-0.2, 0) is 0 Å². The Morgan fingerprint density at radius 2 is 1.58 bits per heavy atom. The van der Waals surface area contributed by atoms with E-state index >= 15 is 0 Å². The number of nitrogens with two attached hydrogens (primary N) is 3. The second-order valence-corrected chi connectivity index (χ2v) is 1.83. The number of hydrogen-bond donors (Lipinski definition) is 4. The van der Waals surface area contributed by atoms with Gasteiger partial charge in [-0.25, -0.2) is 0 Å². The molecule has 6 heteroatoms. The Balaban J connectivity index is -0.000000117. The molecule has 0 aromatic carbocycles. The second-order valence-electron chi connectivity index (χ2n) is 0.917. The lowest BCUT2D eigenvalue weighted by Crippen LogP contribution is -1.69. The molecule has 0 spiro atoms. The van der Waals surface area contributed by atoms with E-state index in [1.54, 1.807) is 12.4 Å². The number of aromatic amines is 1. The van der Waals surface area contributed by atoms with Gasteiger partial charge in [0.15, 0.2) is 0 Å². The fraction of sp³-hybridized carbons (Fsp3) is 0.500. The van der Waals surface area contributed by atoms with E-state index in [-0.39, 0.29) is 0 Å². The molecule has 0 radical (unpaired) electrons. The van der Waals surface area contributed by atoms with Crippen molar-refractivity contribution in [2.45, 2.75) is 0 Å². The standard InChI is InChI=1S/C3H3BrN2.3CH5N/c4-3-1-5-6-2-3;3*1-2/h1-2H,(H,5,6);3*2H2,1H3. The Labute approximate surface area is 81.8 Å². The zero-order chi connectivity index (χ0) is 10.4. The zero-order valence-corrected chi connectivity index (χ0v) is 9.30. The lowest BCUT2D eigenvalue weighted by Gasteiger charge is -1.59. The van der Waals surface area contributed by atoms with E-state index in [0.29, 0.717) is 0 Å². The smallest absolute Gasteiger partial charge is 0.0629 e. The highest BCUT2D eigenvalue weighted by Crippen LogP contribution is 2.01. The monoisotopic (exact) mass is 239 g/mol. The number of nitrogens with one attached hydrogen (secondary N) is 1. The zero-order valence-electron chi connectivity index (χ0n) is 7.71. The number of hydrogen-bond acceptors (Lipinski definition) is 4. The number of halogens is 1. The lowest BCUT2D eigenvalue weighted by molar-refractivity contribution is 1.09. The third-order valence-electron chi connectivity index (χ3n) is 0.465. The molecule has 1 aromatic heterocycles. The maximum Gasteiger partial charge on any atom is 0.0629 e. The van der Waals surface area contributed by atoms with E-state index in [2.05, 4.69) is 43.3 Å². The summed E-state index contributed by atoms with van der Waals surface area (Å²) in [5.41, 5.74) is 13.5. The summed E-state index contributed by atoms with van der Waals surface area (Å²) in [5, 5.41) is 6.28. The molecule has 0 unspecified atom stereocenters. The van der Waals surface area contributed by atoms with Crippen LogP contribution in [0.1, 0.15) is 0 Å². The molecule has 0 saturated carbocycles. The number of rotatable bonds is 0. The van der Waals surface area contributed by atoms with Crippen molar-refractivity contribution < 1.29 is 0 Å². The molecule has 0 aliphatic heterocycles. The SMILES string of the molecule is Brc1cn[nH]c1.CN.CN.CN. The lowest BCUT2D eigenvalue weighted by atomic mass is 10.8. The molecule has 12 heavy (non-hydrogen) atoms. The van der Waals surface area contributed by atoms with Crippen molar-refractivity contribution in [3.63, 3.8) is 0 Å². The van der Waals surface area contributed by atoms with Crippen LogP contribution in [0.5, 0.6) is 0 Å². The first-order valence-corrected chi connectivity index (χ1v) is 4.06. The third-order valence-corrected chi connectivity index (χ3v) is 0.899. The normalized spacial score (nSPS) is 5.92. The molecule has 74 valence electrons. The maximum atomic E-state index is 4.50. The van der Waals surface area contributed by atoms with Gasteiger partial charge in [-0.1, -0.05) is 0 Å². The van der Waals surface area contributed by atoms with Gasteiger partial charge in [0.1, 0.15) is 0 Å². The summed E-state index contributed by atoms with van der Waals surface area (Å²) in [5.74, 6) is 0. The van der Waals surface area contributed by atoms with Gasteiger partial charge in [-0.2, -0.15) is 5.10 Å². The van der Waals surface area contributed by atoms with Crippen molar-refractivity contribution in [1.82, 2.24) is 10.2 Å². The molecular formula is C6H18BrN5. The molecule has 7 N–H and O–H groups in total. The summed E-state index contributed by atoms with van der Waals surface area (Å²) in [6.45, 7) is 0. The molecule has 0 bridgehead atoms. The minimum Gasteiger partial charge on any atom is -0.333 e. The third kappa shape index (κ3) is 16.3. The predicted molar refractivity (Wildman–Crippen MR) is 56.6 cm³/mol. The first kappa shape index (κ1) is 17.6. The Morgan fingerprint density at radius 1 is 1.17 bits per heavy atom. The van der Waals surface area contributed by atoms with Crippen molar-refractivity contribution in [1.29, 1.82) is 0 Å². The molecule has 0 atom stereocenters. The van der Waals surface area contributed by atoms with Crippen LogP contribution < -0.4 is 17.2 Å². The van der Waals surface area contributed by atoms with Gasteiger partial charge in [-0.15, -0.1) is 0 Å². The van der Waals surface area contributed by atoms with Gasteiger partial charge in [0, 0.05) is 6.20 Å². The fourth-order valence-corrected chi connectivity index (χ4v) is 0.440. The molecule has 0 aliphatic rings. The molecule has 0 amide bonds. The minimum absolute atomic E-state index is 0.988. The van der Waals surface area contributed by atoms with Gasteiger partial charge in [0.2, 0.25) is 0 Å². The van der Waals surface area contributed by atoms with E-state index in [1.807, 2.05) is 0 Å². The summed E-state index contributed by atoms with van der Waals surface area (Å²) in [6, 6.07) is 0. The Bertz CT molecular complexity index is 119. The highest BCUT2D eigenvalue weighted by molar-refractivity contribution is 9.10. The summed E-state index contributed by atoms with van der Waals surface area (Å²) >= 11 is 3.19. The van der Waals surface area contributed by atoms with Crippen molar-refractivity contribution in [2.75, 3.05) is 21.1 Å². The first-order chi connectivity index (χ1) is 5.89. The van der Waals surface area contributed by atoms with Crippen molar-refractivity contribution >= 4 is 15.9 Å². The van der Waals surface area contributed by atoms with Crippen LogP contribution in [0.2, 0.25) is 0 Å². The molecule has 1 aromatic rings. The Morgan fingerprint density at radius 3 is 1.67 bits per heavy atom. The summed E-state index contributed by atoms with van der Waals surface area (Å²) in [6.07, 6.45) is 3.46. The van der Waals surface area contributed by atoms with E-state index in [0.717, 1.165) is 4.47 Å². The van der Waals surface area contributed by atoms with Crippen LogP contribution in [-0.4, -0.2) is 31.3 Å². The largest absolute Gasteiger partial charge is 0.333 e. The Kier molecular flexibility index (Phi) is 32.9. The first-order valence-electron chi connectivity index (χ1n) is 3.27. The second kappa shape index (κ2) is 22.4. The average Bonchev–Trinajstić information content (AvgIpc) is 2.66. The van der Waals surface area contributed by atoms with E-state index in [4.69, 9.17) is 0 Å². The summed E-state index contributed by atoms with van der Waals surface area (Å²) in [7, 11) is 4.50. The number of H-pyrrole nitrogens is 1. The molecule has 1 rings (SSSR count). The average molecular weight is 240 g/mol. The van der Waals surface area contributed by atoms with Crippen molar-refractivity contribution in [3.8, 4) is 0 Å². The van der Waals surface area contributed by atoms with Gasteiger partial charge in [-0.05, 0) is 37.1 Å². The van der Waals surface area contributed by atoms with Gasteiger partial charge >= 0.3 is 0 Å². The summed E-state index contributed by atoms with van der Waals surface area (Å²) < 4.78 is 0.988. The van der Waals surface area contributed by atoms with Gasteiger partial charge in [0.05, 0.1) is 10.7 Å². The van der Waals surface area contributed by atoms with E-state index in [1.165, 1.54) is 21.1 Å². The van der Waals surface area contributed by atoms with Crippen LogP contribution in [0, 0.1) is 0 Å². The van der Waals surface area contributed by atoms with Gasteiger partial charge in [-0.3, -0.25) is 5.10 Å². The fourth-order valence-electron chi connectivity index (χ4n) is 0.235. The quantitative estimate of drug-likeness (QED) is 0.507. The predicted octanol–water partition coefficient (Wildman–Crippen LogP) is -0.103. The molecule has 1 heterocycles. The molecule has 0 fully saturated rings. The molecule has 0 saturated heterocycles. The molecule has 5 nitrogen and oxygen atoms in total. The highest BCUT2D eigenvalue weighted by Gasteiger charge is 1.77. The molecule has 0 aliphatic carbocycles. The Hall–Kier alpha value is -0.430. The van der Waals surface area contributed by atoms with Crippen LogP contribution >= 0.6 is 15.9 Å². The number of aromatic nitrogens is 2. The van der Waals surface area contributed by atoms with Crippen LogP contribution in [0.4, 0.5) is 0 Å². The summed E-state index contributed by atoms with van der Waals surface area (Å²) in [4.78, 5) is 0. The topological polar surface area (TPSA) is 107 Å². The maximum absolute atomic E-state index is 4.50. The van der Waals surface area contributed by atoms with Crippen molar-refractivity contribution in [3.05, 3.63) is 16.9 Å². The van der Waals surface area contributed by atoms with Crippen LogP contribution in [0.3, 0.4) is 0 Å². The van der Waals surface area contributed by atoms with Crippen LogP contribution in [0.25, 0.3) is 0 Å².